The number of ether oxygens (including phenoxy) is 1. The molecule has 1 rings (SSSR count). The first-order chi connectivity index (χ1) is 9.12. The number of hydrogen-bond acceptors (Lipinski definition) is 5. The van der Waals surface area contributed by atoms with Gasteiger partial charge in [-0.2, -0.15) is 0 Å². The first kappa shape index (κ1) is 15.9. The number of nitrogens with two attached hydrogens (primary N) is 1. The fourth-order valence-corrected chi connectivity index (χ4v) is 2.08. The maximum Gasteiger partial charge on any atom is 0.253 e. The molecule has 110 valence electrons. The van der Waals surface area contributed by atoms with Crippen molar-refractivity contribution in [3.8, 4) is 0 Å². The number of hydrogen-bond donors (Lipinski definition) is 2. The summed E-state index contributed by atoms with van der Waals surface area (Å²) in [4.78, 5) is 27.3. The topological polar surface area (TPSA) is 87.9 Å². The number of nitrogens with one attached hydrogen (secondary N) is 1. The molecule has 0 bridgehead atoms. The van der Waals surface area contributed by atoms with Gasteiger partial charge in [-0.1, -0.05) is 0 Å². The summed E-state index contributed by atoms with van der Waals surface area (Å²) in [5.41, 5.74) is 5.48. The molecule has 19 heavy (non-hydrogen) atoms. The van der Waals surface area contributed by atoms with Gasteiger partial charge in [0.1, 0.15) is 6.10 Å². The molecule has 7 nitrogen and oxygen atoms in total. The van der Waals surface area contributed by atoms with E-state index in [-0.39, 0.29) is 18.4 Å². The maximum atomic E-state index is 12.0. The lowest BCUT2D eigenvalue weighted by Crippen LogP contribution is -2.54. The molecule has 0 aliphatic carbocycles. The average Bonchev–Trinajstić information content (AvgIpc) is 2.41. The van der Waals surface area contributed by atoms with Crippen LogP contribution in [-0.4, -0.2) is 80.6 Å². The van der Waals surface area contributed by atoms with Gasteiger partial charge in [0.05, 0.1) is 6.54 Å². The lowest BCUT2D eigenvalue weighted by molar-refractivity contribution is -0.143. The zero-order valence-corrected chi connectivity index (χ0v) is 11.7. The number of likely N-dealkylation sites (N-methyl/N-ethyl adjacent to an activating group) is 1. The van der Waals surface area contributed by atoms with E-state index in [4.69, 9.17) is 10.5 Å². The van der Waals surface area contributed by atoms with Crippen LogP contribution in [0.4, 0.5) is 0 Å². The van der Waals surface area contributed by atoms with E-state index in [1.54, 1.807) is 4.90 Å². The summed E-state index contributed by atoms with van der Waals surface area (Å²) in [7, 11) is 1.49. The highest BCUT2D eigenvalue weighted by atomic mass is 16.5. The molecule has 0 aromatic carbocycles. The molecular formula is C12H24N4O3. The normalized spacial score (nSPS) is 18.2. The smallest absolute Gasteiger partial charge is 0.253 e. The van der Waals surface area contributed by atoms with Crippen LogP contribution >= 0.6 is 0 Å². The van der Waals surface area contributed by atoms with E-state index in [1.807, 2.05) is 11.8 Å². The van der Waals surface area contributed by atoms with Crippen LogP contribution in [-0.2, 0) is 14.3 Å². The van der Waals surface area contributed by atoms with Crippen molar-refractivity contribution in [3.63, 3.8) is 0 Å². The zero-order valence-electron chi connectivity index (χ0n) is 11.7. The van der Waals surface area contributed by atoms with Crippen molar-refractivity contribution in [1.82, 2.24) is 15.1 Å². The monoisotopic (exact) mass is 272 g/mol. The Labute approximate surface area is 114 Å². The van der Waals surface area contributed by atoms with Gasteiger partial charge in [-0.25, -0.2) is 0 Å². The van der Waals surface area contributed by atoms with Crippen molar-refractivity contribution in [3.05, 3.63) is 0 Å². The fraction of sp³-hybridized carbons (Fsp3) is 0.833. The molecular weight excluding hydrogens is 248 g/mol. The van der Waals surface area contributed by atoms with Gasteiger partial charge < -0.3 is 20.7 Å². The lowest BCUT2D eigenvalue weighted by atomic mass is 10.2. The minimum absolute atomic E-state index is 0.0269. The Morgan fingerprint density at radius 2 is 1.95 bits per heavy atom. The number of methoxy groups -OCH3 is 1. The quantitative estimate of drug-likeness (QED) is 0.598. The molecule has 1 saturated heterocycles. The van der Waals surface area contributed by atoms with Crippen molar-refractivity contribution >= 4 is 11.8 Å². The number of piperazine rings is 1. The summed E-state index contributed by atoms with van der Waals surface area (Å²) >= 11 is 0. The van der Waals surface area contributed by atoms with Gasteiger partial charge >= 0.3 is 0 Å². The molecule has 3 N–H and O–H groups in total. The summed E-state index contributed by atoms with van der Waals surface area (Å²) in [6.45, 7) is 5.73. The number of rotatable bonds is 6. The van der Waals surface area contributed by atoms with Crippen LogP contribution < -0.4 is 11.1 Å². The minimum Gasteiger partial charge on any atom is -0.370 e. The first-order valence-corrected chi connectivity index (χ1v) is 6.63. The van der Waals surface area contributed by atoms with Crippen LogP contribution in [0, 0.1) is 0 Å². The lowest BCUT2D eigenvalue weighted by Gasteiger charge is -2.35. The molecule has 1 unspecified atom stereocenters. The molecule has 1 atom stereocenters. The number of amides is 2. The van der Waals surface area contributed by atoms with Gasteiger partial charge in [-0.05, 0) is 6.92 Å². The minimum atomic E-state index is -0.560. The van der Waals surface area contributed by atoms with Crippen molar-refractivity contribution in [2.45, 2.75) is 13.0 Å². The van der Waals surface area contributed by atoms with E-state index < -0.39 is 6.10 Å². The third-order valence-corrected chi connectivity index (χ3v) is 3.20. The Morgan fingerprint density at radius 1 is 1.32 bits per heavy atom. The largest absolute Gasteiger partial charge is 0.370 e. The molecule has 1 heterocycles. The Balaban J connectivity index is 2.36. The second-order valence-electron chi connectivity index (χ2n) is 4.51. The molecule has 0 radical (unpaired) electrons. The molecule has 0 aromatic rings. The van der Waals surface area contributed by atoms with Gasteiger partial charge in [0.2, 0.25) is 5.91 Å². The Morgan fingerprint density at radius 3 is 2.42 bits per heavy atom. The van der Waals surface area contributed by atoms with Gasteiger partial charge in [0, 0.05) is 46.4 Å². The van der Waals surface area contributed by atoms with Gasteiger partial charge in [-0.3, -0.25) is 14.5 Å². The SMILES string of the molecule is CCNC(=O)CN1CCN(C(=O)C(CN)OC)CC1. The highest BCUT2D eigenvalue weighted by molar-refractivity contribution is 5.81. The Hall–Kier alpha value is -1.18. The van der Waals surface area contributed by atoms with Gasteiger partial charge in [0.15, 0.2) is 0 Å². The number of carbonyl (C=O) groups excluding carboxylic acids is 2. The van der Waals surface area contributed by atoms with Crippen LogP contribution in [0.1, 0.15) is 6.92 Å². The van der Waals surface area contributed by atoms with Crippen molar-refractivity contribution in [2.24, 2.45) is 5.73 Å². The Kier molecular flexibility index (Phi) is 6.75. The third-order valence-electron chi connectivity index (χ3n) is 3.20. The molecule has 0 saturated carbocycles. The molecule has 0 spiro atoms. The predicted molar refractivity (Wildman–Crippen MR) is 71.6 cm³/mol. The fourth-order valence-electron chi connectivity index (χ4n) is 2.08. The van der Waals surface area contributed by atoms with Gasteiger partial charge in [0.25, 0.3) is 5.91 Å². The predicted octanol–water partition coefficient (Wildman–Crippen LogP) is -1.76. The summed E-state index contributed by atoms with van der Waals surface area (Å²) in [5, 5.41) is 2.77. The number of nitrogens with zero attached hydrogens (tertiary/aromatic N) is 2. The molecule has 2 amide bonds. The molecule has 7 heteroatoms. The molecule has 1 aliphatic heterocycles. The van der Waals surface area contributed by atoms with E-state index in [0.717, 1.165) is 0 Å². The Bertz CT molecular complexity index is 299. The second kappa shape index (κ2) is 8.08. The highest BCUT2D eigenvalue weighted by Gasteiger charge is 2.26. The van der Waals surface area contributed by atoms with Crippen LogP contribution in [0.15, 0.2) is 0 Å². The third kappa shape index (κ3) is 4.77. The van der Waals surface area contributed by atoms with E-state index >= 15 is 0 Å². The van der Waals surface area contributed by atoms with Crippen LogP contribution in [0.5, 0.6) is 0 Å². The van der Waals surface area contributed by atoms with Crippen LogP contribution in [0.3, 0.4) is 0 Å². The highest BCUT2D eigenvalue weighted by Crippen LogP contribution is 2.05. The van der Waals surface area contributed by atoms with E-state index in [0.29, 0.717) is 39.3 Å². The summed E-state index contributed by atoms with van der Waals surface area (Å²) in [6, 6.07) is 0. The second-order valence-corrected chi connectivity index (χ2v) is 4.51. The molecule has 1 fully saturated rings. The van der Waals surface area contributed by atoms with E-state index in [2.05, 4.69) is 5.32 Å². The maximum absolute atomic E-state index is 12.0. The zero-order chi connectivity index (χ0) is 14.3. The van der Waals surface area contributed by atoms with Crippen LogP contribution in [0.25, 0.3) is 0 Å². The van der Waals surface area contributed by atoms with Gasteiger partial charge in [-0.15, -0.1) is 0 Å². The summed E-state index contributed by atoms with van der Waals surface area (Å²) in [5.74, 6) is -0.0401. The first-order valence-electron chi connectivity index (χ1n) is 6.63. The van der Waals surface area contributed by atoms with Crippen molar-refractivity contribution in [1.29, 1.82) is 0 Å². The van der Waals surface area contributed by atoms with Crippen molar-refractivity contribution < 1.29 is 14.3 Å². The average molecular weight is 272 g/mol. The summed E-state index contributed by atoms with van der Waals surface area (Å²) < 4.78 is 5.04. The number of carbonyl (C=O) groups is 2. The standard InChI is InChI=1S/C12H24N4O3/c1-3-14-11(17)9-15-4-6-16(7-5-15)12(18)10(8-13)19-2/h10H,3-9,13H2,1-2H3,(H,14,17). The van der Waals surface area contributed by atoms with E-state index in [9.17, 15) is 9.59 Å². The summed E-state index contributed by atoms with van der Waals surface area (Å²) in [6.07, 6.45) is -0.560. The van der Waals surface area contributed by atoms with Crippen LogP contribution in [0.2, 0.25) is 0 Å². The van der Waals surface area contributed by atoms with E-state index in [1.165, 1.54) is 7.11 Å². The van der Waals surface area contributed by atoms with Crippen molar-refractivity contribution in [2.75, 3.05) is 52.9 Å². The molecule has 1 aliphatic rings. The molecule has 0 aromatic heterocycles.